The van der Waals surface area contributed by atoms with Crippen LogP contribution in [0.25, 0.3) is 16.6 Å². The van der Waals surface area contributed by atoms with Crippen molar-refractivity contribution in [1.29, 1.82) is 0 Å². The summed E-state index contributed by atoms with van der Waals surface area (Å²) in [4.78, 5) is 6.76. The third-order valence-corrected chi connectivity index (χ3v) is 4.22. The predicted octanol–water partition coefficient (Wildman–Crippen LogP) is 3.04. The van der Waals surface area contributed by atoms with Gasteiger partial charge in [-0.2, -0.15) is 5.10 Å². The molecule has 1 fully saturated rings. The average molecular weight is 338 g/mol. The Morgan fingerprint density at radius 3 is 2.76 bits per heavy atom. The monoisotopic (exact) mass is 338 g/mol. The van der Waals surface area contributed by atoms with Crippen LogP contribution in [0.5, 0.6) is 5.75 Å². The second kappa shape index (κ2) is 6.72. The van der Waals surface area contributed by atoms with Crippen molar-refractivity contribution in [2.24, 2.45) is 0 Å². The van der Waals surface area contributed by atoms with E-state index in [2.05, 4.69) is 21.0 Å². The lowest BCUT2D eigenvalue weighted by molar-refractivity contribution is 0.122. The van der Waals surface area contributed by atoms with Crippen molar-refractivity contribution in [3.05, 3.63) is 42.7 Å². The highest BCUT2D eigenvalue weighted by molar-refractivity contribution is 5.81. The minimum Gasteiger partial charge on any atom is -0.491 e. The van der Waals surface area contributed by atoms with E-state index in [9.17, 15) is 0 Å². The molecule has 0 unspecified atom stereocenters. The topological polar surface area (TPSA) is 52.4 Å². The number of benzene rings is 1. The Kier molecular flexibility index (Phi) is 4.28. The molecular formula is C19H22N4O2. The summed E-state index contributed by atoms with van der Waals surface area (Å²) >= 11 is 0. The molecule has 0 amide bonds. The molecule has 0 N–H and O–H groups in total. The Hall–Kier alpha value is -2.60. The van der Waals surface area contributed by atoms with E-state index in [0.29, 0.717) is 0 Å². The molecule has 2 aromatic heterocycles. The van der Waals surface area contributed by atoms with Crippen LogP contribution < -0.4 is 9.64 Å². The van der Waals surface area contributed by atoms with Crippen molar-refractivity contribution in [2.45, 2.75) is 20.0 Å². The minimum atomic E-state index is 0.141. The summed E-state index contributed by atoms with van der Waals surface area (Å²) in [5.41, 5.74) is 2.02. The maximum Gasteiger partial charge on any atom is 0.130 e. The fourth-order valence-electron chi connectivity index (χ4n) is 3.05. The van der Waals surface area contributed by atoms with E-state index in [0.717, 1.165) is 54.5 Å². The van der Waals surface area contributed by atoms with E-state index in [-0.39, 0.29) is 6.10 Å². The first kappa shape index (κ1) is 15.9. The zero-order chi connectivity index (χ0) is 17.2. The Bertz CT molecular complexity index is 869. The molecule has 130 valence electrons. The zero-order valence-corrected chi connectivity index (χ0v) is 14.6. The number of hydrogen-bond donors (Lipinski definition) is 0. The van der Waals surface area contributed by atoms with Crippen LogP contribution in [0.4, 0.5) is 5.82 Å². The molecular weight excluding hydrogens is 316 g/mol. The van der Waals surface area contributed by atoms with Gasteiger partial charge in [0, 0.05) is 36.8 Å². The highest BCUT2D eigenvalue weighted by Crippen LogP contribution is 2.25. The molecule has 3 aromatic rings. The van der Waals surface area contributed by atoms with E-state index in [1.54, 1.807) is 0 Å². The lowest BCUT2D eigenvalue weighted by Crippen LogP contribution is -2.36. The number of hydrogen-bond acceptors (Lipinski definition) is 5. The maximum absolute atomic E-state index is 5.83. The number of morpholine rings is 1. The molecule has 0 atom stereocenters. The maximum atomic E-state index is 5.83. The van der Waals surface area contributed by atoms with Gasteiger partial charge in [-0.15, -0.1) is 0 Å². The van der Waals surface area contributed by atoms with E-state index < -0.39 is 0 Å². The number of nitrogens with zero attached hydrogens (tertiary/aromatic N) is 4. The van der Waals surface area contributed by atoms with E-state index in [4.69, 9.17) is 9.47 Å². The number of anilines is 1. The quantitative estimate of drug-likeness (QED) is 0.732. The molecule has 1 aromatic carbocycles. The molecule has 0 bridgehead atoms. The number of ether oxygens (including phenoxy) is 2. The highest BCUT2D eigenvalue weighted by Gasteiger charge is 2.14. The lowest BCUT2D eigenvalue weighted by Gasteiger charge is -2.28. The molecule has 25 heavy (non-hydrogen) atoms. The smallest absolute Gasteiger partial charge is 0.130 e. The van der Waals surface area contributed by atoms with Gasteiger partial charge in [0.15, 0.2) is 0 Å². The minimum absolute atomic E-state index is 0.141. The fraction of sp³-hybridized carbons (Fsp3) is 0.368. The van der Waals surface area contributed by atoms with Crippen LogP contribution in [0.15, 0.2) is 42.7 Å². The van der Waals surface area contributed by atoms with Crippen molar-refractivity contribution in [3.8, 4) is 11.4 Å². The van der Waals surface area contributed by atoms with Crippen LogP contribution in [0.1, 0.15) is 13.8 Å². The first-order valence-electron chi connectivity index (χ1n) is 8.64. The van der Waals surface area contributed by atoms with Crippen molar-refractivity contribution < 1.29 is 9.47 Å². The van der Waals surface area contributed by atoms with Crippen LogP contribution in [0, 0.1) is 0 Å². The van der Waals surface area contributed by atoms with Crippen LogP contribution in [0.2, 0.25) is 0 Å². The summed E-state index contributed by atoms with van der Waals surface area (Å²) in [7, 11) is 0. The zero-order valence-electron chi connectivity index (χ0n) is 14.6. The van der Waals surface area contributed by atoms with E-state index >= 15 is 0 Å². The average Bonchev–Trinajstić information content (AvgIpc) is 3.05. The van der Waals surface area contributed by atoms with Gasteiger partial charge in [0.25, 0.3) is 0 Å². The van der Waals surface area contributed by atoms with E-state index in [1.807, 2.05) is 55.2 Å². The van der Waals surface area contributed by atoms with Crippen LogP contribution >= 0.6 is 0 Å². The van der Waals surface area contributed by atoms with Crippen LogP contribution in [-0.2, 0) is 4.74 Å². The number of rotatable bonds is 4. The van der Waals surface area contributed by atoms with Gasteiger partial charge >= 0.3 is 0 Å². The lowest BCUT2D eigenvalue weighted by atomic mass is 10.2. The first-order valence-corrected chi connectivity index (χ1v) is 8.64. The summed E-state index contributed by atoms with van der Waals surface area (Å²) < 4.78 is 13.2. The molecule has 3 heterocycles. The molecule has 4 rings (SSSR count). The molecule has 0 aliphatic carbocycles. The second-order valence-electron chi connectivity index (χ2n) is 6.42. The molecule has 0 saturated carbocycles. The van der Waals surface area contributed by atoms with Gasteiger partial charge in [0.05, 0.1) is 36.7 Å². The summed E-state index contributed by atoms with van der Waals surface area (Å²) in [5.74, 6) is 1.81. The Morgan fingerprint density at radius 1 is 1.12 bits per heavy atom. The third-order valence-electron chi connectivity index (χ3n) is 4.22. The molecule has 6 heteroatoms. The number of fused-ring (bicyclic) bond motifs is 1. The standard InChI is InChI=1S/C19H22N4O2/c1-14(2)25-17-4-3-15-13-21-23(18(15)12-17)16-5-6-20-19(11-16)22-7-9-24-10-8-22/h3-6,11-14H,7-10H2,1-2H3. The third kappa shape index (κ3) is 3.30. The molecule has 0 radical (unpaired) electrons. The second-order valence-corrected chi connectivity index (χ2v) is 6.42. The van der Waals surface area contributed by atoms with Gasteiger partial charge in [-0.1, -0.05) is 0 Å². The molecule has 6 nitrogen and oxygen atoms in total. The Labute approximate surface area is 147 Å². The first-order chi connectivity index (χ1) is 12.2. The van der Waals surface area contributed by atoms with Crippen molar-refractivity contribution >= 4 is 16.7 Å². The molecule has 1 aliphatic heterocycles. The Morgan fingerprint density at radius 2 is 1.96 bits per heavy atom. The van der Waals surface area contributed by atoms with Gasteiger partial charge in [0.1, 0.15) is 11.6 Å². The van der Waals surface area contributed by atoms with Gasteiger partial charge in [-0.3, -0.25) is 0 Å². The number of pyridine rings is 1. The predicted molar refractivity (Wildman–Crippen MR) is 97.7 cm³/mol. The molecule has 1 aliphatic rings. The Balaban J connectivity index is 1.71. The molecule has 1 saturated heterocycles. The van der Waals surface area contributed by atoms with Crippen molar-refractivity contribution in [1.82, 2.24) is 14.8 Å². The van der Waals surface area contributed by atoms with Gasteiger partial charge < -0.3 is 14.4 Å². The van der Waals surface area contributed by atoms with Crippen molar-refractivity contribution in [2.75, 3.05) is 31.2 Å². The summed E-state index contributed by atoms with van der Waals surface area (Å²) in [6, 6.07) is 10.1. The van der Waals surface area contributed by atoms with Crippen LogP contribution in [-0.4, -0.2) is 47.2 Å². The van der Waals surface area contributed by atoms with Gasteiger partial charge in [0.2, 0.25) is 0 Å². The van der Waals surface area contributed by atoms with Crippen molar-refractivity contribution in [3.63, 3.8) is 0 Å². The highest BCUT2D eigenvalue weighted by atomic mass is 16.5. The largest absolute Gasteiger partial charge is 0.491 e. The SMILES string of the molecule is CC(C)Oc1ccc2cnn(-c3ccnc(N4CCOCC4)c3)c2c1. The normalized spacial score (nSPS) is 15.1. The van der Waals surface area contributed by atoms with Gasteiger partial charge in [-0.05, 0) is 32.0 Å². The summed E-state index contributed by atoms with van der Waals surface area (Å²) in [5, 5.41) is 5.65. The van der Waals surface area contributed by atoms with E-state index in [1.165, 1.54) is 0 Å². The molecule has 0 spiro atoms. The van der Waals surface area contributed by atoms with Gasteiger partial charge in [-0.25, -0.2) is 9.67 Å². The summed E-state index contributed by atoms with van der Waals surface area (Å²) in [6.07, 6.45) is 3.86. The fourth-order valence-corrected chi connectivity index (χ4v) is 3.05. The van der Waals surface area contributed by atoms with Crippen LogP contribution in [0.3, 0.4) is 0 Å². The summed E-state index contributed by atoms with van der Waals surface area (Å²) in [6.45, 7) is 7.27. The number of aromatic nitrogens is 3.